The lowest BCUT2D eigenvalue weighted by Gasteiger charge is -2.12. The molecule has 0 heterocycles. The number of aliphatic hydroxyl groups excluding tert-OH is 1. The Bertz CT molecular complexity index is 478. The average Bonchev–Trinajstić information content (AvgIpc) is 2.35. The van der Waals surface area contributed by atoms with Crippen LogP contribution in [0.1, 0.15) is 6.92 Å². The predicted octanol–water partition coefficient (Wildman–Crippen LogP) is 0.285. The van der Waals surface area contributed by atoms with Gasteiger partial charge in [0.1, 0.15) is 17.5 Å². The summed E-state index contributed by atoms with van der Waals surface area (Å²) in [5.74, 6) is -0.891. The van der Waals surface area contributed by atoms with Crippen LogP contribution in [-0.4, -0.2) is 35.1 Å². The molecule has 1 unspecified atom stereocenters. The molecular weight excluding hydrogens is 252 g/mol. The van der Waals surface area contributed by atoms with E-state index in [1.54, 1.807) is 12.1 Å². The number of rotatable bonds is 7. The van der Waals surface area contributed by atoms with Crippen molar-refractivity contribution in [1.29, 1.82) is 0 Å². The Labute approximate surface area is 109 Å². The largest absolute Gasteiger partial charge is 0.381 e. The summed E-state index contributed by atoms with van der Waals surface area (Å²) in [5.41, 5.74) is 5.34. The number of aliphatic hydroxyl groups is 1. The zero-order valence-electron chi connectivity index (χ0n) is 10.4. The van der Waals surface area contributed by atoms with Crippen molar-refractivity contribution in [2.75, 3.05) is 23.7 Å². The van der Waals surface area contributed by atoms with Crippen molar-refractivity contribution in [1.82, 2.24) is 0 Å². The number of anilines is 2. The van der Waals surface area contributed by atoms with Gasteiger partial charge in [0.2, 0.25) is 5.91 Å². The van der Waals surface area contributed by atoms with Crippen LogP contribution in [0.3, 0.4) is 0 Å². The van der Waals surface area contributed by atoms with E-state index >= 15 is 0 Å². The Morgan fingerprint density at radius 1 is 1.47 bits per heavy atom. The smallest absolute Gasteiger partial charge is 0.315 e. The van der Waals surface area contributed by atoms with Crippen molar-refractivity contribution in [3.05, 3.63) is 28.3 Å². The summed E-state index contributed by atoms with van der Waals surface area (Å²) in [6.45, 7) is 2.17. The second-order valence-electron chi connectivity index (χ2n) is 3.79. The maximum atomic E-state index is 11.1. The fourth-order valence-corrected chi connectivity index (χ4v) is 1.52. The normalized spacial score (nSPS) is 11.7. The number of primary amides is 1. The third-order valence-corrected chi connectivity index (χ3v) is 2.40. The van der Waals surface area contributed by atoms with Gasteiger partial charge in [-0.05, 0) is 19.1 Å². The zero-order valence-corrected chi connectivity index (χ0v) is 10.4. The number of nitro benzene ring substituents is 1. The Morgan fingerprint density at radius 2 is 2.05 bits per heavy atom. The highest BCUT2D eigenvalue weighted by Crippen LogP contribution is 2.32. The predicted molar refractivity (Wildman–Crippen MR) is 71.0 cm³/mol. The molecule has 104 valence electrons. The van der Waals surface area contributed by atoms with E-state index < -0.39 is 16.9 Å². The monoisotopic (exact) mass is 268 g/mol. The molecule has 0 saturated carbocycles. The summed E-state index contributed by atoms with van der Waals surface area (Å²) >= 11 is 0. The molecule has 0 fully saturated rings. The van der Waals surface area contributed by atoms with E-state index in [1.807, 2.05) is 6.92 Å². The maximum absolute atomic E-state index is 11.1. The van der Waals surface area contributed by atoms with E-state index in [4.69, 9.17) is 5.73 Å². The summed E-state index contributed by atoms with van der Waals surface area (Å²) in [5, 5.41) is 25.8. The average molecular weight is 268 g/mol. The Kier molecular flexibility index (Phi) is 5.07. The number of nitro groups is 1. The summed E-state index contributed by atoms with van der Waals surface area (Å²) < 4.78 is 0. The van der Waals surface area contributed by atoms with Crippen molar-refractivity contribution in [2.24, 2.45) is 5.73 Å². The standard InChI is InChI=1S/C11H16N4O4/c1-2-13-7-4-3-5-8(10(7)15(18)19)14-6-9(16)11(12)17/h3-5,9,13-14,16H,2,6H2,1H3,(H2,12,17). The van der Waals surface area contributed by atoms with Gasteiger partial charge in [-0.2, -0.15) is 0 Å². The van der Waals surface area contributed by atoms with Gasteiger partial charge in [-0.1, -0.05) is 6.07 Å². The zero-order chi connectivity index (χ0) is 14.4. The van der Waals surface area contributed by atoms with Crippen LogP contribution in [0.4, 0.5) is 17.1 Å². The highest BCUT2D eigenvalue weighted by molar-refractivity contribution is 5.80. The number of carbonyl (C=O) groups excluding carboxylic acids is 1. The van der Waals surface area contributed by atoms with Crippen LogP contribution in [0.2, 0.25) is 0 Å². The number of benzene rings is 1. The molecule has 1 atom stereocenters. The molecular formula is C11H16N4O4. The summed E-state index contributed by atoms with van der Waals surface area (Å²) in [7, 11) is 0. The molecule has 1 aromatic carbocycles. The van der Waals surface area contributed by atoms with Gasteiger partial charge >= 0.3 is 5.69 Å². The van der Waals surface area contributed by atoms with Crippen molar-refractivity contribution < 1.29 is 14.8 Å². The summed E-state index contributed by atoms with van der Waals surface area (Å²) in [4.78, 5) is 21.2. The minimum Gasteiger partial charge on any atom is -0.381 e. The molecule has 0 radical (unpaired) electrons. The van der Waals surface area contributed by atoms with Crippen LogP contribution < -0.4 is 16.4 Å². The molecule has 0 aliphatic heterocycles. The lowest BCUT2D eigenvalue weighted by atomic mass is 10.2. The Morgan fingerprint density at radius 3 is 2.53 bits per heavy atom. The molecule has 5 N–H and O–H groups in total. The van der Waals surface area contributed by atoms with Gasteiger partial charge < -0.3 is 21.5 Å². The maximum Gasteiger partial charge on any atom is 0.315 e. The van der Waals surface area contributed by atoms with Crippen LogP contribution in [0.15, 0.2) is 18.2 Å². The first kappa shape index (κ1) is 14.7. The molecule has 0 aliphatic carbocycles. The topological polar surface area (TPSA) is 131 Å². The van der Waals surface area contributed by atoms with Crippen molar-refractivity contribution in [3.8, 4) is 0 Å². The van der Waals surface area contributed by atoms with Crippen molar-refractivity contribution >= 4 is 23.0 Å². The van der Waals surface area contributed by atoms with E-state index in [0.29, 0.717) is 12.2 Å². The van der Waals surface area contributed by atoms with E-state index in [9.17, 15) is 20.0 Å². The number of para-hydroxylation sites is 1. The lowest BCUT2D eigenvalue weighted by Crippen LogP contribution is -2.34. The molecule has 1 aromatic rings. The molecule has 8 nitrogen and oxygen atoms in total. The first-order valence-electron chi connectivity index (χ1n) is 5.69. The molecule has 0 spiro atoms. The number of nitrogens with zero attached hydrogens (tertiary/aromatic N) is 1. The second kappa shape index (κ2) is 6.55. The first-order valence-corrected chi connectivity index (χ1v) is 5.69. The number of amides is 1. The minimum atomic E-state index is -1.40. The van der Waals surface area contributed by atoms with E-state index in [0.717, 1.165) is 0 Å². The van der Waals surface area contributed by atoms with Gasteiger partial charge in [0, 0.05) is 6.54 Å². The van der Waals surface area contributed by atoms with Crippen molar-refractivity contribution in [2.45, 2.75) is 13.0 Å². The van der Waals surface area contributed by atoms with Gasteiger partial charge in [-0.25, -0.2) is 0 Å². The number of hydrogen-bond acceptors (Lipinski definition) is 6. The molecule has 0 saturated heterocycles. The third-order valence-electron chi connectivity index (χ3n) is 2.40. The highest BCUT2D eigenvalue weighted by Gasteiger charge is 2.20. The molecule has 19 heavy (non-hydrogen) atoms. The first-order chi connectivity index (χ1) is 8.97. The molecule has 0 aliphatic rings. The number of carbonyl (C=O) groups is 1. The van der Waals surface area contributed by atoms with Gasteiger partial charge in [-0.15, -0.1) is 0 Å². The molecule has 8 heteroatoms. The van der Waals surface area contributed by atoms with Crippen LogP contribution in [0.25, 0.3) is 0 Å². The molecule has 1 amide bonds. The molecule has 1 rings (SSSR count). The Balaban J connectivity index is 2.96. The molecule has 0 bridgehead atoms. The Hall–Kier alpha value is -2.35. The van der Waals surface area contributed by atoms with Gasteiger partial charge in [0.15, 0.2) is 0 Å². The number of nitrogens with one attached hydrogen (secondary N) is 2. The van der Waals surface area contributed by atoms with Crippen LogP contribution in [0.5, 0.6) is 0 Å². The SMILES string of the molecule is CCNc1cccc(NCC(O)C(N)=O)c1[N+](=O)[O-]. The number of hydrogen-bond donors (Lipinski definition) is 4. The minimum absolute atomic E-state index is 0.138. The van der Waals surface area contributed by atoms with Crippen LogP contribution in [-0.2, 0) is 4.79 Å². The fraction of sp³-hybridized carbons (Fsp3) is 0.364. The van der Waals surface area contributed by atoms with Crippen LogP contribution >= 0.6 is 0 Å². The highest BCUT2D eigenvalue weighted by atomic mass is 16.6. The van der Waals surface area contributed by atoms with Gasteiger partial charge in [0.05, 0.1) is 11.5 Å². The third kappa shape index (κ3) is 3.81. The van der Waals surface area contributed by atoms with Crippen LogP contribution in [0, 0.1) is 10.1 Å². The van der Waals surface area contributed by atoms with E-state index in [2.05, 4.69) is 10.6 Å². The summed E-state index contributed by atoms with van der Waals surface area (Å²) in [6.07, 6.45) is -1.40. The molecule has 0 aromatic heterocycles. The second-order valence-corrected chi connectivity index (χ2v) is 3.79. The van der Waals surface area contributed by atoms with E-state index in [-0.39, 0.29) is 17.9 Å². The summed E-state index contributed by atoms with van der Waals surface area (Å²) in [6, 6.07) is 4.70. The lowest BCUT2D eigenvalue weighted by molar-refractivity contribution is -0.383. The van der Waals surface area contributed by atoms with Gasteiger partial charge in [-0.3, -0.25) is 14.9 Å². The van der Waals surface area contributed by atoms with Crippen molar-refractivity contribution in [3.63, 3.8) is 0 Å². The van der Waals surface area contributed by atoms with Gasteiger partial charge in [0.25, 0.3) is 0 Å². The van der Waals surface area contributed by atoms with E-state index in [1.165, 1.54) is 6.07 Å². The fourth-order valence-electron chi connectivity index (χ4n) is 1.52. The number of nitrogens with two attached hydrogens (primary N) is 1. The quantitative estimate of drug-likeness (QED) is 0.415.